The van der Waals surface area contributed by atoms with E-state index in [0.29, 0.717) is 12.5 Å². The standard InChI is InChI=1S/C13H21NO3/c1-14(11-6-3-7-11)12(15)9-4-2-5-10(8-9)13(16)17/h9-11H,2-8H2,1H3,(H,16,17). The first kappa shape index (κ1) is 12.4. The summed E-state index contributed by atoms with van der Waals surface area (Å²) in [4.78, 5) is 25.1. The highest BCUT2D eigenvalue weighted by molar-refractivity contribution is 5.80. The van der Waals surface area contributed by atoms with E-state index in [0.717, 1.165) is 32.1 Å². The monoisotopic (exact) mass is 239 g/mol. The molecule has 2 saturated carbocycles. The van der Waals surface area contributed by atoms with Crippen molar-refractivity contribution in [3.05, 3.63) is 0 Å². The Bertz CT molecular complexity index is 312. The molecule has 0 heterocycles. The van der Waals surface area contributed by atoms with Crippen LogP contribution in [0.5, 0.6) is 0 Å². The van der Waals surface area contributed by atoms with Crippen molar-refractivity contribution in [2.45, 2.75) is 51.0 Å². The van der Waals surface area contributed by atoms with E-state index in [1.165, 1.54) is 6.42 Å². The number of carbonyl (C=O) groups excluding carboxylic acids is 1. The fraction of sp³-hybridized carbons (Fsp3) is 0.846. The lowest BCUT2D eigenvalue weighted by molar-refractivity contribution is -0.146. The molecule has 1 amide bonds. The highest BCUT2D eigenvalue weighted by Gasteiger charge is 2.35. The van der Waals surface area contributed by atoms with E-state index >= 15 is 0 Å². The topological polar surface area (TPSA) is 57.6 Å². The second kappa shape index (κ2) is 5.07. The van der Waals surface area contributed by atoms with Crippen LogP contribution >= 0.6 is 0 Å². The summed E-state index contributed by atoms with van der Waals surface area (Å²) in [5.41, 5.74) is 0. The highest BCUT2D eigenvalue weighted by Crippen LogP contribution is 2.32. The number of hydrogen-bond donors (Lipinski definition) is 1. The number of carbonyl (C=O) groups is 2. The predicted octanol–water partition coefficient (Wildman–Crippen LogP) is 1.89. The van der Waals surface area contributed by atoms with Gasteiger partial charge in [-0.2, -0.15) is 0 Å². The van der Waals surface area contributed by atoms with E-state index in [9.17, 15) is 9.59 Å². The molecule has 0 aromatic heterocycles. The second-order valence-corrected chi connectivity index (χ2v) is 5.43. The molecule has 2 unspecified atom stereocenters. The van der Waals surface area contributed by atoms with E-state index in [1.807, 2.05) is 11.9 Å². The third-order valence-corrected chi connectivity index (χ3v) is 4.34. The average Bonchev–Trinajstić information content (AvgIpc) is 2.25. The molecule has 0 saturated heterocycles. The molecule has 17 heavy (non-hydrogen) atoms. The molecular weight excluding hydrogens is 218 g/mol. The number of nitrogens with zero attached hydrogens (tertiary/aromatic N) is 1. The zero-order chi connectivity index (χ0) is 12.4. The summed E-state index contributed by atoms with van der Waals surface area (Å²) in [5, 5.41) is 9.02. The number of aliphatic carboxylic acids is 1. The van der Waals surface area contributed by atoms with Gasteiger partial charge in [-0.25, -0.2) is 0 Å². The molecule has 4 nitrogen and oxygen atoms in total. The Kier molecular flexibility index (Phi) is 3.69. The first-order valence-corrected chi connectivity index (χ1v) is 6.59. The summed E-state index contributed by atoms with van der Waals surface area (Å²) in [6.07, 6.45) is 6.42. The number of carboxylic acid groups (broad SMARTS) is 1. The van der Waals surface area contributed by atoms with Crippen LogP contribution in [0.4, 0.5) is 0 Å². The summed E-state index contributed by atoms with van der Waals surface area (Å²) in [5.74, 6) is -0.947. The second-order valence-electron chi connectivity index (χ2n) is 5.43. The first-order valence-electron chi connectivity index (χ1n) is 6.59. The Morgan fingerprint density at radius 1 is 1.06 bits per heavy atom. The van der Waals surface area contributed by atoms with Crippen LogP contribution in [-0.4, -0.2) is 35.0 Å². The average molecular weight is 239 g/mol. The molecule has 2 aliphatic carbocycles. The molecule has 0 spiro atoms. The van der Waals surface area contributed by atoms with Gasteiger partial charge in [0.15, 0.2) is 0 Å². The molecule has 2 atom stereocenters. The minimum absolute atomic E-state index is 0.0598. The number of carboxylic acids is 1. The molecule has 0 aromatic rings. The van der Waals surface area contributed by atoms with Crippen LogP contribution < -0.4 is 0 Å². The molecule has 4 heteroatoms. The maximum absolute atomic E-state index is 12.2. The van der Waals surface area contributed by atoms with Crippen molar-refractivity contribution < 1.29 is 14.7 Å². The largest absolute Gasteiger partial charge is 0.481 e. The summed E-state index contributed by atoms with van der Waals surface area (Å²) in [6, 6.07) is 0.410. The van der Waals surface area contributed by atoms with Gasteiger partial charge in [0, 0.05) is 19.0 Å². The molecular formula is C13H21NO3. The van der Waals surface area contributed by atoms with Crippen LogP contribution in [0.1, 0.15) is 44.9 Å². The van der Waals surface area contributed by atoms with Gasteiger partial charge in [-0.05, 0) is 38.5 Å². The Morgan fingerprint density at radius 2 is 1.65 bits per heavy atom. The van der Waals surface area contributed by atoms with Gasteiger partial charge >= 0.3 is 5.97 Å². The minimum Gasteiger partial charge on any atom is -0.481 e. The van der Waals surface area contributed by atoms with E-state index in [4.69, 9.17) is 5.11 Å². The van der Waals surface area contributed by atoms with Crippen LogP contribution in [0, 0.1) is 11.8 Å². The van der Waals surface area contributed by atoms with Crippen molar-refractivity contribution in [1.29, 1.82) is 0 Å². The normalized spacial score (nSPS) is 29.5. The molecule has 2 fully saturated rings. The predicted molar refractivity (Wildman–Crippen MR) is 63.5 cm³/mol. The quantitative estimate of drug-likeness (QED) is 0.818. The van der Waals surface area contributed by atoms with E-state index in [1.54, 1.807) is 0 Å². The van der Waals surface area contributed by atoms with Gasteiger partial charge in [-0.3, -0.25) is 9.59 Å². The maximum Gasteiger partial charge on any atom is 0.306 e. The van der Waals surface area contributed by atoms with E-state index < -0.39 is 5.97 Å². The van der Waals surface area contributed by atoms with Crippen LogP contribution in [0.2, 0.25) is 0 Å². The fourth-order valence-corrected chi connectivity index (χ4v) is 2.88. The molecule has 2 aliphatic rings. The molecule has 1 N–H and O–H groups in total. The molecule has 0 aromatic carbocycles. The highest BCUT2D eigenvalue weighted by atomic mass is 16.4. The van der Waals surface area contributed by atoms with Gasteiger partial charge < -0.3 is 10.0 Å². The smallest absolute Gasteiger partial charge is 0.306 e. The van der Waals surface area contributed by atoms with Crippen LogP contribution in [0.15, 0.2) is 0 Å². The lowest BCUT2D eigenvalue weighted by atomic mass is 9.80. The van der Waals surface area contributed by atoms with Crippen LogP contribution in [0.3, 0.4) is 0 Å². The van der Waals surface area contributed by atoms with Gasteiger partial charge in [0.05, 0.1) is 5.92 Å². The van der Waals surface area contributed by atoms with Crippen molar-refractivity contribution >= 4 is 11.9 Å². The SMILES string of the molecule is CN(C(=O)C1CCCC(C(=O)O)C1)C1CCC1. The Morgan fingerprint density at radius 3 is 2.18 bits per heavy atom. The van der Waals surface area contributed by atoms with Gasteiger partial charge in [0.2, 0.25) is 5.91 Å². The van der Waals surface area contributed by atoms with Gasteiger partial charge in [-0.1, -0.05) is 6.42 Å². The zero-order valence-corrected chi connectivity index (χ0v) is 10.4. The van der Waals surface area contributed by atoms with Crippen molar-refractivity contribution in [2.24, 2.45) is 11.8 Å². The van der Waals surface area contributed by atoms with Crippen LogP contribution in [-0.2, 0) is 9.59 Å². The van der Waals surface area contributed by atoms with Crippen molar-refractivity contribution in [1.82, 2.24) is 4.90 Å². The molecule has 2 rings (SSSR count). The summed E-state index contributed by atoms with van der Waals surface area (Å²) in [7, 11) is 1.87. The van der Waals surface area contributed by atoms with Gasteiger partial charge in [0.25, 0.3) is 0 Å². The molecule has 96 valence electrons. The Labute approximate surface area is 102 Å². The van der Waals surface area contributed by atoms with Crippen molar-refractivity contribution in [3.63, 3.8) is 0 Å². The maximum atomic E-state index is 12.2. The summed E-state index contributed by atoms with van der Waals surface area (Å²) >= 11 is 0. The van der Waals surface area contributed by atoms with Crippen molar-refractivity contribution in [3.8, 4) is 0 Å². The summed E-state index contributed by atoms with van der Waals surface area (Å²) < 4.78 is 0. The van der Waals surface area contributed by atoms with Crippen LogP contribution in [0.25, 0.3) is 0 Å². The Hall–Kier alpha value is -1.06. The molecule has 0 aliphatic heterocycles. The first-order chi connectivity index (χ1) is 8.09. The number of rotatable bonds is 3. The fourth-order valence-electron chi connectivity index (χ4n) is 2.88. The molecule has 0 radical (unpaired) electrons. The summed E-state index contributed by atoms with van der Waals surface area (Å²) in [6.45, 7) is 0. The van der Waals surface area contributed by atoms with E-state index in [2.05, 4.69) is 0 Å². The lowest BCUT2D eigenvalue weighted by Gasteiger charge is -2.38. The minimum atomic E-state index is -0.742. The third kappa shape index (κ3) is 2.61. The van der Waals surface area contributed by atoms with E-state index in [-0.39, 0.29) is 17.7 Å². The third-order valence-electron chi connectivity index (χ3n) is 4.34. The number of hydrogen-bond acceptors (Lipinski definition) is 2. The molecule has 0 bridgehead atoms. The van der Waals surface area contributed by atoms with Gasteiger partial charge in [0.1, 0.15) is 0 Å². The number of amides is 1. The Balaban J connectivity index is 1.91. The van der Waals surface area contributed by atoms with Crippen molar-refractivity contribution in [2.75, 3.05) is 7.05 Å². The lowest BCUT2D eigenvalue weighted by Crippen LogP contribution is -2.45. The zero-order valence-electron chi connectivity index (χ0n) is 10.4. The van der Waals surface area contributed by atoms with Gasteiger partial charge in [-0.15, -0.1) is 0 Å².